The summed E-state index contributed by atoms with van der Waals surface area (Å²) >= 11 is 3.54. The maximum Gasteiger partial charge on any atom is 0.112 e. The molecule has 0 saturated carbocycles. The van der Waals surface area contributed by atoms with Crippen LogP contribution < -0.4 is 0 Å². The summed E-state index contributed by atoms with van der Waals surface area (Å²) in [6.07, 6.45) is 4.15. The maximum absolute atomic E-state index is 4.38. The molecule has 0 saturated heterocycles. The molecule has 1 aromatic carbocycles. The van der Waals surface area contributed by atoms with E-state index in [0.29, 0.717) is 0 Å². The molecule has 0 aliphatic carbocycles. The summed E-state index contributed by atoms with van der Waals surface area (Å²) in [5.74, 6) is 0. The van der Waals surface area contributed by atoms with Crippen molar-refractivity contribution in [1.82, 2.24) is 9.55 Å². The number of nitrogens with zero attached hydrogens (tertiary/aromatic N) is 2. The molecule has 2 aromatic rings. The second-order valence-corrected chi connectivity index (χ2v) is 4.69. The van der Waals surface area contributed by atoms with Gasteiger partial charge in [0.15, 0.2) is 0 Å². The van der Waals surface area contributed by atoms with Crippen LogP contribution in [-0.4, -0.2) is 9.55 Å². The fraction of sp³-hybridized carbons (Fsp3) is 0.308. The Morgan fingerprint density at radius 2 is 1.94 bits per heavy atom. The van der Waals surface area contributed by atoms with Gasteiger partial charge in [0.05, 0.1) is 6.33 Å². The van der Waals surface area contributed by atoms with Gasteiger partial charge in [-0.2, -0.15) is 0 Å². The number of aromatic nitrogens is 2. The highest BCUT2D eigenvalue weighted by molar-refractivity contribution is 9.10. The van der Waals surface area contributed by atoms with Crippen molar-refractivity contribution < 1.29 is 0 Å². The van der Waals surface area contributed by atoms with Crippen molar-refractivity contribution in [2.24, 2.45) is 7.05 Å². The molecule has 0 N–H and O–H groups in total. The third-order valence-corrected chi connectivity index (χ3v) is 3.57. The smallest absolute Gasteiger partial charge is 0.112 e. The Morgan fingerprint density at radius 3 is 2.44 bits per heavy atom. The third kappa shape index (κ3) is 2.19. The number of halogens is 1. The Balaban J connectivity index is 2.31. The van der Waals surface area contributed by atoms with Crippen LogP contribution in [-0.2, 0) is 13.5 Å². The van der Waals surface area contributed by atoms with E-state index in [2.05, 4.69) is 52.1 Å². The molecule has 0 atom stereocenters. The van der Waals surface area contributed by atoms with Crippen LogP contribution in [0.3, 0.4) is 0 Å². The number of benzene rings is 1. The van der Waals surface area contributed by atoms with Gasteiger partial charge in [0, 0.05) is 12.6 Å². The normalized spacial score (nSPS) is 10.7. The first-order valence-corrected chi connectivity index (χ1v) is 6.27. The molecule has 16 heavy (non-hydrogen) atoms. The van der Waals surface area contributed by atoms with Gasteiger partial charge in [-0.1, -0.05) is 37.6 Å². The molecule has 1 aromatic heterocycles. The second kappa shape index (κ2) is 4.83. The van der Waals surface area contributed by atoms with E-state index in [1.165, 1.54) is 12.0 Å². The molecule has 0 fully saturated rings. The van der Waals surface area contributed by atoms with E-state index in [-0.39, 0.29) is 0 Å². The topological polar surface area (TPSA) is 17.8 Å². The zero-order chi connectivity index (χ0) is 11.5. The van der Waals surface area contributed by atoms with E-state index in [9.17, 15) is 0 Å². The Morgan fingerprint density at radius 1 is 1.25 bits per heavy atom. The summed E-state index contributed by atoms with van der Waals surface area (Å²) < 4.78 is 2.99. The molecule has 0 unspecified atom stereocenters. The minimum Gasteiger partial charge on any atom is -0.328 e. The van der Waals surface area contributed by atoms with Crippen molar-refractivity contribution in [1.29, 1.82) is 0 Å². The van der Waals surface area contributed by atoms with Gasteiger partial charge in [-0.05, 0) is 27.9 Å². The highest BCUT2D eigenvalue weighted by Gasteiger charge is 2.07. The largest absolute Gasteiger partial charge is 0.328 e. The molecule has 84 valence electrons. The van der Waals surface area contributed by atoms with Crippen molar-refractivity contribution in [3.05, 3.63) is 40.8 Å². The number of hydrogen-bond donors (Lipinski definition) is 0. The van der Waals surface area contributed by atoms with Crippen LogP contribution in [0.1, 0.15) is 18.9 Å². The minimum atomic E-state index is 1.01. The van der Waals surface area contributed by atoms with Gasteiger partial charge in [0.1, 0.15) is 10.3 Å². The fourth-order valence-electron chi connectivity index (χ4n) is 1.73. The van der Waals surface area contributed by atoms with Crippen LogP contribution in [0.5, 0.6) is 0 Å². The monoisotopic (exact) mass is 278 g/mol. The van der Waals surface area contributed by atoms with Gasteiger partial charge in [-0.15, -0.1) is 0 Å². The molecule has 0 aliphatic heterocycles. The van der Waals surface area contributed by atoms with Crippen molar-refractivity contribution in [3.8, 4) is 11.3 Å². The van der Waals surface area contributed by atoms with E-state index < -0.39 is 0 Å². The van der Waals surface area contributed by atoms with E-state index in [1.54, 1.807) is 0 Å². The van der Waals surface area contributed by atoms with Crippen LogP contribution >= 0.6 is 15.9 Å². The standard InChI is InChI=1S/C13H15BrN2/c1-3-4-10-5-7-11(8-6-10)12-13(14)16(2)9-15-12/h5-9H,3-4H2,1-2H3. The van der Waals surface area contributed by atoms with Crippen LogP contribution in [0.2, 0.25) is 0 Å². The van der Waals surface area contributed by atoms with Crippen molar-refractivity contribution in [2.75, 3.05) is 0 Å². The molecule has 2 nitrogen and oxygen atoms in total. The Labute approximate surface area is 104 Å². The van der Waals surface area contributed by atoms with E-state index >= 15 is 0 Å². The minimum absolute atomic E-state index is 1.01. The van der Waals surface area contributed by atoms with Crippen molar-refractivity contribution in [2.45, 2.75) is 19.8 Å². The Bertz CT molecular complexity index is 471. The summed E-state index contributed by atoms with van der Waals surface area (Å²) in [4.78, 5) is 4.38. The quantitative estimate of drug-likeness (QED) is 0.835. The molecular formula is C13H15BrN2. The summed E-state index contributed by atoms with van der Waals surface area (Å²) in [5, 5.41) is 0. The SMILES string of the molecule is CCCc1ccc(-c2ncn(C)c2Br)cc1. The summed E-state index contributed by atoms with van der Waals surface area (Å²) in [6, 6.07) is 8.64. The van der Waals surface area contributed by atoms with Gasteiger partial charge in [-0.25, -0.2) is 4.98 Å². The van der Waals surface area contributed by atoms with E-state index in [1.807, 2.05) is 17.9 Å². The second-order valence-electron chi connectivity index (χ2n) is 3.94. The van der Waals surface area contributed by atoms with E-state index in [4.69, 9.17) is 0 Å². The predicted octanol–water partition coefficient (Wildman–Crippen LogP) is 3.80. The lowest BCUT2D eigenvalue weighted by Gasteiger charge is -2.02. The molecular weight excluding hydrogens is 264 g/mol. The van der Waals surface area contributed by atoms with Gasteiger partial charge >= 0.3 is 0 Å². The van der Waals surface area contributed by atoms with Crippen molar-refractivity contribution in [3.63, 3.8) is 0 Å². The average Bonchev–Trinajstić information content (AvgIpc) is 2.62. The van der Waals surface area contributed by atoms with E-state index in [0.717, 1.165) is 22.3 Å². The first-order chi connectivity index (χ1) is 7.72. The number of imidazole rings is 1. The van der Waals surface area contributed by atoms with Crippen molar-refractivity contribution >= 4 is 15.9 Å². The highest BCUT2D eigenvalue weighted by Crippen LogP contribution is 2.26. The Kier molecular flexibility index (Phi) is 3.44. The molecule has 0 radical (unpaired) electrons. The van der Waals surface area contributed by atoms with Gasteiger partial charge in [0.25, 0.3) is 0 Å². The third-order valence-electron chi connectivity index (χ3n) is 2.63. The zero-order valence-electron chi connectivity index (χ0n) is 9.57. The molecule has 1 heterocycles. The number of aryl methyl sites for hydroxylation is 2. The zero-order valence-corrected chi connectivity index (χ0v) is 11.2. The predicted molar refractivity (Wildman–Crippen MR) is 70.3 cm³/mol. The summed E-state index contributed by atoms with van der Waals surface area (Å²) in [7, 11) is 1.98. The average molecular weight is 279 g/mol. The number of rotatable bonds is 3. The Hall–Kier alpha value is -1.09. The van der Waals surface area contributed by atoms with Crippen LogP contribution in [0.25, 0.3) is 11.3 Å². The fourth-order valence-corrected chi connectivity index (χ4v) is 2.15. The molecule has 3 heteroatoms. The van der Waals surface area contributed by atoms with Gasteiger partial charge in [-0.3, -0.25) is 0 Å². The molecule has 0 bridgehead atoms. The molecule has 0 amide bonds. The summed E-state index contributed by atoms with van der Waals surface area (Å²) in [5.41, 5.74) is 3.55. The lowest BCUT2D eigenvalue weighted by molar-refractivity contribution is 0.891. The van der Waals surface area contributed by atoms with Gasteiger partial charge < -0.3 is 4.57 Å². The maximum atomic E-state index is 4.38. The molecule has 0 aliphatic rings. The lowest BCUT2D eigenvalue weighted by Crippen LogP contribution is -1.86. The highest BCUT2D eigenvalue weighted by atomic mass is 79.9. The van der Waals surface area contributed by atoms with Gasteiger partial charge in [0.2, 0.25) is 0 Å². The van der Waals surface area contributed by atoms with Crippen LogP contribution in [0, 0.1) is 0 Å². The first kappa shape index (κ1) is 11.4. The lowest BCUT2D eigenvalue weighted by atomic mass is 10.1. The number of hydrogen-bond acceptors (Lipinski definition) is 1. The molecule has 2 rings (SSSR count). The van der Waals surface area contributed by atoms with Crippen LogP contribution in [0.15, 0.2) is 35.2 Å². The van der Waals surface area contributed by atoms with Crippen LogP contribution in [0.4, 0.5) is 0 Å². The first-order valence-electron chi connectivity index (χ1n) is 5.48. The molecule has 0 spiro atoms. The summed E-state index contributed by atoms with van der Waals surface area (Å²) in [6.45, 7) is 2.20.